The Hall–Kier alpha value is -1.49. The molecule has 0 unspecified atom stereocenters. The first-order valence-corrected chi connectivity index (χ1v) is 6.59. The average Bonchev–Trinajstić information content (AvgIpc) is 2.43. The summed E-state index contributed by atoms with van der Waals surface area (Å²) in [4.78, 5) is 13.7. The lowest BCUT2D eigenvalue weighted by Crippen LogP contribution is -2.46. The van der Waals surface area contributed by atoms with E-state index in [2.05, 4.69) is 5.32 Å². The number of amides is 1. The van der Waals surface area contributed by atoms with Crippen LogP contribution < -0.4 is 5.32 Å². The van der Waals surface area contributed by atoms with Crippen molar-refractivity contribution in [3.8, 4) is 0 Å². The van der Waals surface area contributed by atoms with Crippen molar-refractivity contribution in [2.75, 3.05) is 26.2 Å². The first kappa shape index (κ1) is 13.9. The van der Waals surface area contributed by atoms with Gasteiger partial charge in [0.1, 0.15) is 0 Å². The third kappa shape index (κ3) is 3.99. The number of piperazine rings is 1. The van der Waals surface area contributed by atoms with E-state index in [-0.39, 0.29) is 5.91 Å². The van der Waals surface area contributed by atoms with E-state index in [0.717, 1.165) is 37.8 Å². The first-order valence-electron chi connectivity index (χ1n) is 6.59. The van der Waals surface area contributed by atoms with Crippen LogP contribution in [0.1, 0.15) is 18.4 Å². The van der Waals surface area contributed by atoms with Crippen LogP contribution in [-0.2, 0) is 11.2 Å². The molecule has 1 heterocycles. The molecule has 0 aromatic heterocycles. The Balaban J connectivity index is 1.76. The summed E-state index contributed by atoms with van der Waals surface area (Å²) in [7, 11) is 0. The van der Waals surface area contributed by atoms with E-state index in [4.69, 9.17) is 0 Å². The van der Waals surface area contributed by atoms with E-state index in [1.165, 1.54) is 6.07 Å². The van der Waals surface area contributed by atoms with Crippen LogP contribution in [0.5, 0.6) is 0 Å². The number of halogens is 2. The number of hydrogen-bond acceptors (Lipinski definition) is 2. The maximum absolute atomic E-state index is 13.0. The molecule has 0 saturated carbocycles. The first-order chi connectivity index (χ1) is 9.16. The maximum atomic E-state index is 13.0. The quantitative estimate of drug-likeness (QED) is 0.901. The molecule has 19 heavy (non-hydrogen) atoms. The Kier molecular flexibility index (Phi) is 4.85. The summed E-state index contributed by atoms with van der Waals surface area (Å²) in [5, 5.41) is 3.19. The van der Waals surface area contributed by atoms with Gasteiger partial charge < -0.3 is 10.2 Å². The van der Waals surface area contributed by atoms with Crippen LogP contribution in [0.4, 0.5) is 8.78 Å². The third-order valence-electron chi connectivity index (χ3n) is 3.31. The number of aryl methyl sites for hydroxylation is 1. The summed E-state index contributed by atoms with van der Waals surface area (Å²) in [6, 6.07) is 3.89. The van der Waals surface area contributed by atoms with Gasteiger partial charge in [0, 0.05) is 32.6 Å². The van der Waals surface area contributed by atoms with Crippen LogP contribution in [0.25, 0.3) is 0 Å². The van der Waals surface area contributed by atoms with Crippen molar-refractivity contribution in [3.05, 3.63) is 35.4 Å². The molecular weight excluding hydrogens is 250 g/mol. The normalized spacial score (nSPS) is 15.6. The Morgan fingerprint density at radius 2 is 1.95 bits per heavy atom. The lowest BCUT2D eigenvalue weighted by molar-refractivity contribution is -0.131. The summed E-state index contributed by atoms with van der Waals surface area (Å²) in [5.41, 5.74) is 0.729. The molecule has 0 bridgehead atoms. The van der Waals surface area contributed by atoms with Gasteiger partial charge in [-0.25, -0.2) is 8.78 Å². The number of benzene rings is 1. The number of rotatable bonds is 4. The molecular formula is C14H18F2N2O. The van der Waals surface area contributed by atoms with Crippen LogP contribution in [0.15, 0.2) is 18.2 Å². The summed E-state index contributed by atoms with van der Waals surface area (Å²) in [6.07, 6.45) is 1.71. The largest absolute Gasteiger partial charge is 0.340 e. The summed E-state index contributed by atoms with van der Waals surface area (Å²) in [5.74, 6) is -1.52. The number of hydrogen-bond donors (Lipinski definition) is 1. The second-order valence-corrected chi connectivity index (χ2v) is 4.73. The molecule has 1 N–H and O–H groups in total. The molecule has 104 valence electrons. The lowest BCUT2D eigenvalue weighted by atomic mass is 10.1. The van der Waals surface area contributed by atoms with Crippen LogP contribution in [0.3, 0.4) is 0 Å². The van der Waals surface area contributed by atoms with Gasteiger partial charge in [-0.05, 0) is 30.5 Å². The molecule has 0 atom stereocenters. The molecule has 1 aromatic rings. The predicted molar refractivity (Wildman–Crippen MR) is 68.7 cm³/mol. The van der Waals surface area contributed by atoms with E-state index < -0.39 is 11.6 Å². The Labute approximate surface area is 111 Å². The molecule has 1 fully saturated rings. The highest BCUT2D eigenvalue weighted by molar-refractivity contribution is 5.76. The topological polar surface area (TPSA) is 32.3 Å². The van der Waals surface area contributed by atoms with E-state index in [0.29, 0.717) is 19.3 Å². The second-order valence-electron chi connectivity index (χ2n) is 4.73. The molecule has 3 nitrogen and oxygen atoms in total. The maximum Gasteiger partial charge on any atom is 0.222 e. The summed E-state index contributed by atoms with van der Waals surface area (Å²) in [6.45, 7) is 3.19. The van der Waals surface area contributed by atoms with Gasteiger partial charge in [0.15, 0.2) is 11.6 Å². The standard InChI is InChI=1S/C14H18F2N2O/c15-12-5-4-11(10-13(12)16)2-1-3-14(19)18-8-6-17-7-9-18/h4-5,10,17H,1-3,6-9H2. The van der Waals surface area contributed by atoms with E-state index >= 15 is 0 Å². The number of nitrogens with zero attached hydrogens (tertiary/aromatic N) is 1. The molecule has 2 rings (SSSR count). The highest BCUT2D eigenvalue weighted by Crippen LogP contribution is 2.12. The van der Waals surface area contributed by atoms with Gasteiger partial charge in [0.25, 0.3) is 0 Å². The van der Waals surface area contributed by atoms with Crippen molar-refractivity contribution in [1.29, 1.82) is 0 Å². The lowest BCUT2D eigenvalue weighted by Gasteiger charge is -2.27. The molecule has 0 radical (unpaired) electrons. The van der Waals surface area contributed by atoms with Crippen molar-refractivity contribution in [1.82, 2.24) is 10.2 Å². The number of carbonyl (C=O) groups is 1. The van der Waals surface area contributed by atoms with E-state index in [1.807, 2.05) is 4.90 Å². The van der Waals surface area contributed by atoms with Crippen molar-refractivity contribution in [2.24, 2.45) is 0 Å². The van der Waals surface area contributed by atoms with Gasteiger partial charge in [-0.3, -0.25) is 4.79 Å². The number of nitrogens with one attached hydrogen (secondary N) is 1. The van der Waals surface area contributed by atoms with Gasteiger partial charge in [-0.15, -0.1) is 0 Å². The molecule has 0 aliphatic carbocycles. The van der Waals surface area contributed by atoms with E-state index in [1.54, 1.807) is 6.07 Å². The van der Waals surface area contributed by atoms with Crippen molar-refractivity contribution < 1.29 is 13.6 Å². The van der Waals surface area contributed by atoms with Gasteiger partial charge in [-0.1, -0.05) is 6.07 Å². The highest BCUT2D eigenvalue weighted by Gasteiger charge is 2.15. The van der Waals surface area contributed by atoms with Crippen LogP contribution in [-0.4, -0.2) is 37.0 Å². The van der Waals surface area contributed by atoms with E-state index in [9.17, 15) is 13.6 Å². The zero-order valence-electron chi connectivity index (χ0n) is 10.8. The van der Waals surface area contributed by atoms with Crippen LogP contribution >= 0.6 is 0 Å². The van der Waals surface area contributed by atoms with Gasteiger partial charge in [0.05, 0.1) is 0 Å². The minimum Gasteiger partial charge on any atom is -0.340 e. The van der Waals surface area contributed by atoms with Crippen LogP contribution in [0.2, 0.25) is 0 Å². The van der Waals surface area contributed by atoms with Gasteiger partial charge in [-0.2, -0.15) is 0 Å². The Morgan fingerprint density at radius 3 is 2.63 bits per heavy atom. The monoisotopic (exact) mass is 268 g/mol. The second kappa shape index (κ2) is 6.61. The fourth-order valence-corrected chi connectivity index (χ4v) is 2.21. The number of carbonyl (C=O) groups excluding carboxylic acids is 1. The molecule has 1 aliphatic heterocycles. The van der Waals surface area contributed by atoms with Crippen LogP contribution in [0, 0.1) is 11.6 Å². The molecule has 1 saturated heterocycles. The average molecular weight is 268 g/mol. The van der Waals surface area contributed by atoms with Gasteiger partial charge in [0.2, 0.25) is 5.91 Å². The van der Waals surface area contributed by atoms with Gasteiger partial charge >= 0.3 is 0 Å². The summed E-state index contributed by atoms with van der Waals surface area (Å²) >= 11 is 0. The third-order valence-corrected chi connectivity index (χ3v) is 3.31. The smallest absolute Gasteiger partial charge is 0.222 e. The molecule has 1 aliphatic rings. The fourth-order valence-electron chi connectivity index (χ4n) is 2.21. The minimum atomic E-state index is -0.833. The highest BCUT2D eigenvalue weighted by atomic mass is 19.2. The minimum absolute atomic E-state index is 0.143. The Bertz CT molecular complexity index is 445. The van der Waals surface area contributed by atoms with Crippen molar-refractivity contribution >= 4 is 5.91 Å². The fraction of sp³-hybridized carbons (Fsp3) is 0.500. The molecule has 1 amide bonds. The Morgan fingerprint density at radius 1 is 1.21 bits per heavy atom. The SMILES string of the molecule is O=C(CCCc1ccc(F)c(F)c1)N1CCNCC1. The molecule has 5 heteroatoms. The van der Waals surface area contributed by atoms with Crippen molar-refractivity contribution in [3.63, 3.8) is 0 Å². The molecule has 1 aromatic carbocycles. The zero-order valence-corrected chi connectivity index (χ0v) is 10.8. The predicted octanol–water partition coefficient (Wildman–Crippen LogP) is 1.72. The summed E-state index contributed by atoms with van der Waals surface area (Å²) < 4.78 is 25.7. The zero-order chi connectivity index (χ0) is 13.7. The van der Waals surface area contributed by atoms with Crippen molar-refractivity contribution in [2.45, 2.75) is 19.3 Å². The molecule has 0 spiro atoms.